The van der Waals surface area contributed by atoms with Gasteiger partial charge in [-0.1, -0.05) is 0 Å². The van der Waals surface area contributed by atoms with Gasteiger partial charge in [-0.2, -0.15) is 26.3 Å². The molecule has 0 heterocycles. The van der Waals surface area contributed by atoms with Crippen LogP contribution in [0.15, 0.2) is 11.2 Å². The van der Waals surface area contributed by atoms with Crippen LogP contribution in [0.3, 0.4) is 0 Å². The molecular formula is C4H4F6O3S. The first-order valence-corrected chi connectivity index (χ1v) is 4.81. The Morgan fingerprint density at radius 1 is 1.14 bits per heavy atom. The monoisotopic (exact) mass is 246 g/mol. The van der Waals surface area contributed by atoms with E-state index in [9.17, 15) is 30.6 Å². The van der Waals surface area contributed by atoms with Crippen molar-refractivity contribution in [1.82, 2.24) is 0 Å². The van der Waals surface area contributed by atoms with E-state index in [1.807, 2.05) is 0 Å². The van der Waals surface area contributed by atoms with Gasteiger partial charge in [0.05, 0.1) is 0 Å². The lowest BCUT2D eigenvalue weighted by Gasteiger charge is -2.28. The molecule has 0 aromatic rings. The largest absolute Gasteiger partial charge is 0.403 e. The van der Waals surface area contributed by atoms with Crippen LogP contribution in [0.25, 0.3) is 0 Å². The second kappa shape index (κ2) is 3.21. The molecule has 0 aliphatic rings. The van der Waals surface area contributed by atoms with Crippen molar-refractivity contribution in [3.63, 3.8) is 0 Å². The summed E-state index contributed by atoms with van der Waals surface area (Å²) in [6.07, 6.45) is -8.93. The van der Waals surface area contributed by atoms with E-state index in [4.69, 9.17) is 9.11 Å². The summed E-state index contributed by atoms with van der Waals surface area (Å²) in [5.74, 6) is -2.98. The van der Waals surface area contributed by atoms with Gasteiger partial charge in [0.1, 0.15) is 15.4 Å². The van der Waals surface area contributed by atoms with Crippen LogP contribution in [0.5, 0.6) is 0 Å². The first kappa shape index (κ1) is 13.4. The zero-order chi connectivity index (χ0) is 11.8. The third kappa shape index (κ3) is 3.64. The van der Waals surface area contributed by atoms with Gasteiger partial charge in [0.25, 0.3) is 5.16 Å². The van der Waals surface area contributed by atoms with Crippen LogP contribution < -0.4 is 0 Å². The Hall–Kier alpha value is -0.610. The fourth-order valence-electron chi connectivity index (χ4n) is 0.513. The van der Waals surface area contributed by atoms with E-state index in [0.29, 0.717) is 0 Å². The van der Waals surface area contributed by atoms with E-state index >= 15 is 0 Å². The average molecular weight is 246 g/mol. The van der Waals surface area contributed by atoms with Gasteiger partial charge in [0.15, 0.2) is 0 Å². The Morgan fingerprint density at radius 2 is 1.50 bits per heavy atom. The number of halogens is 6. The third-order valence-corrected chi connectivity index (χ3v) is 2.65. The molecule has 3 nitrogen and oxygen atoms in total. The van der Waals surface area contributed by atoms with Crippen molar-refractivity contribution in [3.8, 4) is 0 Å². The molecule has 0 bridgehead atoms. The lowest BCUT2D eigenvalue weighted by atomic mass is 10.8. The van der Waals surface area contributed by atoms with Crippen molar-refractivity contribution in [1.29, 1.82) is 0 Å². The summed E-state index contributed by atoms with van der Waals surface area (Å²) in [7, 11) is -7.13. The van der Waals surface area contributed by atoms with Crippen LogP contribution in [0, 0.1) is 0 Å². The summed E-state index contributed by atoms with van der Waals surface area (Å²) in [5.41, 5.74) is 0. The first-order chi connectivity index (χ1) is 5.84. The summed E-state index contributed by atoms with van der Waals surface area (Å²) in [4.78, 5) is 0. The Balaban J connectivity index is 5.30. The van der Waals surface area contributed by atoms with Crippen LogP contribution >= 0.6 is 0 Å². The van der Waals surface area contributed by atoms with E-state index in [1.54, 1.807) is 0 Å². The molecule has 0 aromatic carbocycles. The van der Waals surface area contributed by atoms with Crippen molar-refractivity contribution in [2.75, 3.05) is 5.75 Å². The molecule has 0 aliphatic heterocycles. The normalized spacial score (nSPS) is 15.9. The summed E-state index contributed by atoms with van der Waals surface area (Å²) in [6.45, 7) is 0. The van der Waals surface area contributed by atoms with Gasteiger partial charge in [0.2, 0.25) is 0 Å². The minimum Gasteiger partial charge on any atom is -0.302 e. The summed E-state index contributed by atoms with van der Waals surface area (Å²) < 4.78 is 96.2. The quantitative estimate of drug-likeness (QED) is 0.735. The predicted octanol–water partition coefficient (Wildman–Crippen LogP) is 2.35. The van der Waals surface area contributed by atoms with Gasteiger partial charge in [0, 0.05) is 0 Å². The number of alkyl halides is 3. The maximum Gasteiger partial charge on any atom is 0.403 e. The van der Waals surface area contributed by atoms with Gasteiger partial charge in [-0.15, -0.1) is 0 Å². The maximum absolute atomic E-state index is 12.1. The molecular weight excluding hydrogens is 242 g/mol. The van der Waals surface area contributed by atoms with Crippen molar-refractivity contribution in [2.24, 2.45) is 0 Å². The summed E-state index contributed by atoms with van der Waals surface area (Å²) in [5, 5.41) is -3.36. The maximum atomic E-state index is 12.1. The molecule has 0 saturated carbocycles. The minimum absolute atomic E-state index is 2.98. The van der Waals surface area contributed by atoms with Gasteiger partial charge in [-0.05, 0) is 0 Å². The molecule has 86 valence electrons. The second-order valence-electron chi connectivity index (χ2n) is 2.31. The second-order valence-corrected chi connectivity index (χ2v) is 4.99. The summed E-state index contributed by atoms with van der Waals surface area (Å²) in [6, 6.07) is 0. The molecule has 0 aliphatic carbocycles. The fraction of sp³-hybridized carbons (Fsp3) is 0.500. The molecule has 14 heavy (non-hydrogen) atoms. The van der Waals surface area contributed by atoms with Crippen LogP contribution in [-0.4, -0.2) is 25.2 Å². The molecule has 0 spiro atoms. The third-order valence-electron chi connectivity index (χ3n) is 0.933. The van der Waals surface area contributed by atoms with Crippen molar-refractivity contribution in [3.05, 3.63) is 11.2 Å². The SMILES string of the molecule is O=S(O)(O)(CC(F)(F)F)C(F)=C(F)F. The van der Waals surface area contributed by atoms with E-state index in [2.05, 4.69) is 0 Å². The van der Waals surface area contributed by atoms with Gasteiger partial charge in [-0.25, -0.2) is 4.21 Å². The van der Waals surface area contributed by atoms with E-state index in [1.165, 1.54) is 0 Å². The lowest BCUT2D eigenvalue weighted by Crippen LogP contribution is -2.42. The van der Waals surface area contributed by atoms with Crippen LogP contribution in [-0.2, 0) is 9.63 Å². The molecule has 2 N–H and O–H groups in total. The topological polar surface area (TPSA) is 57.5 Å². The van der Waals surface area contributed by atoms with Crippen molar-refractivity contribution >= 4 is 9.63 Å². The standard InChI is InChI=1S/C4H4F6O3S/c5-2(6)3(7)14(11,12,13)1-4(8,9)10/h1H2,(H2,11,12,13). The smallest absolute Gasteiger partial charge is 0.302 e. The molecule has 0 amide bonds. The zero-order valence-electron chi connectivity index (χ0n) is 6.19. The highest BCUT2D eigenvalue weighted by molar-refractivity contribution is 8.13. The molecule has 0 rings (SSSR count). The van der Waals surface area contributed by atoms with E-state index < -0.39 is 32.8 Å². The van der Waals surface area contributed by atoms with Crippen LogP contribution in [0.1, 0.15) is 0 Å². The summed E-state index contributed by atoms with van der Waals surface area (Å²) >= 11 is 0. The van der Waals surface area contributed by atoms with E-state index in [-0.39, 0.29) is 0 Å². The highest BCUT2D eigenvalue weighted by Crippen LogP contribution is 2.37. The Morgan fingerprint density at radius 3 is 1.71 bits per heavy atom. The minimum atomic E-state index is -7.13. The number of hydrogen-bond donors (Lipinski definition) is 2. The van der Waals surface area contributed by atoms with Crippen molar-refractivity contribution < 1.29 is 39.7 Å². The fourth-order valence-corrected chi connectivity index (χ4v) is 1.54. The first-order valence-electron chi connectivity index (χ1n) is 2.76. The van der Waals surface area contributed by atoms with Gasteiger partial charge in [-0.3, -0.25) is 0 Å². The highest BCUT2D eigenvalue weighted by Gasteiger charge is 2.50. The van der Waals surface area contributed by atoms with Crippen LogP contribution in [0.2, 0.25) is 0 Å². The Bertz CT molecular complexity index is 320. The molecule has 10 heteroatoms. The van der Waals surface area contributed by atoms with Crippen molar-refractivity contribution in [2.45, 2.75) is 6.18 Å². The lowest BCUT2D eigenvalue weighted by molar-refractivity contribution is -0.108. The molecule has 0 saturated heterocycles. The molecule has 0 aromatic heterocycles. The highest BCUT2D eigenvalue weighted by atomic mass is 32.3. The Labute approximate surface area is 73.5 Å². The molecule has 0 unspecified atom stereocenters. The number of rotatable bonds is 2. The van der Waals surface area contributed by atoms with Gasteiger partial charge >= 0.3 is 12.3 Å². The number of hydrogen-bond acceptors (Lipinski definition) is 1. The van der Waals surface area contributed by atoms with E-state index in [0.717, 1.165) is 0 Å². The van der Waals surface area contributed by atoms with Gasteiger partial charge < -0.3 is 9.11 Å². The Kier molecular flexibility index (Phi) is 3.07. The average Bonchev–Trinajstić information content (AvgIpc) is 1.78. The molecule has 0 fully saturated rings. The molecule has 0 atom stereocenters. The zero-order valence-corrected chi connectivity index (χ0v) is 7.00. The van der Waals surface area contributed by atoms with Crippen LogP contribution in [0.4, 0.5) is 26.3 Å². The molecule has 0 radical (unpaired) electrons. The predicted molar refractivity (Wildman–Crippen MR) is 34.7 cm³/mol.